The van der Waals surface area contributed by atoms with Gasteiger partial charge in [0, 0.05) is 32.9 Å². The normalized spacial score (nSPS) is 10.3. The molecule has 0 atom stereocenters. The number of nitrogens with zero attached hydrogens (tertiary/aromatic N) is 4. The first-order valence-corrected chi connectivity index (χ1v) is 9.64. The highest BCUT2D eigenvalue weighted by Gasteiger charge is 2.27. The first-order valence-electron chi connectivity index (χ1n) is 9.64. The zero-order valence-corrected chi connectivity index (χ0v) is 18.0. The molecule has 1 heterocycles. The van der Waals surface area contributed by atoms with Gasteiger partial charge in [0.15, 0.2) is 0 Å². The van der Waals surface area contributed by atoms with Crippen LogP contribution in [0.5, 0.6) is 23.3 Å². The topological polar surface area (TPSA) is 98.9 Å². The zero-order chi connectivity index (χ0) is 24.1. The van der Waals surface area contributed by atoms with Gasteiger partial charge in [0.2, 0.25) is 11.6 Å². The van der Waals surface area contributed by atoms with Gasteiger partial charge in [-0.2, -0.15) is 19.0 Å². The van der Waals surface area contributed by atoms with Crippen molar-refractivity contribution >= 4 is 17.3 Å². The maximum absolute atomic E-state index is 15.2. The number of benzene rings is 2. The number of carboxylic acid groups (broad SMARTS) is 1. The molecule has 1 aromatic heterocycles. The SMILES string of the molecule is CN(C)c1cccc(Oc2nc(Oc3cccc(C#N)c3)c(F)c(N(C)CC(=O)O)c2F)c1. The summed E-state index contributed by atoms with van der Waals surface area (Å²) < 4.78 is 41.5. The fourth-order valence-electron chi connectivity index (χ4n) is 2.92. The molecule has 0 aliphatic rings. The second kappa shape index (κ2) is 9.82. The molecule has 1 N–H and O–H groups in total. The number of carbonyl (C=O) groups is 1. The van der Waals surface area contributed by atoms with Gasteiger partial charge < -0.3 is 24.4 Å². The number of aliphatic carboxylic acids is 1. The Hall–Kier alpha value is -4.39. The summed E-state index contributed by atoms with van der Waals surface area (Å²) in [5, 5.41) is 18.1. The molecule has 170 valence electrons. The van der Waals surface area contributed by atoms with E-state index in [0.717, 1.165) is 10.6 Å². The van der Waals surface area contributed by atoms with Gasteiger partial charge >= 0.3 is 5.97 Å². The number of halogens is 2. The molecule has 3 aromatic rings. The van der Waals surface area contributed by atoms with Crippen LogP contribution in [0, 0.1) is 23.0 Å². The van der Waals surface area contributed by atoms with E-state index >= 15 is 8.78 Å². The van der Waals surface area contributed by atoms with Crippen molar-refractivity contribution in [3.05, 3.63) is 65.7 Å². The van der Waals surface area contributed by atoms with Crippen LogP contribution in [0.3, 0.4) is 0 Å². The Morgan fingerprint density at radius 2 is 1.61 bits per heavy atom. The van der Waals surface area contributed by atoms with Crippen molar-refractivity contribution < 1.29 is 28.2 Å². The predicted octanol–water partition coefficient (Wildman–Crippen LogP) is 4.40. The Balaban J connectivity index is 2.09. The lowest BCUT2D eigenvalue weighted by Crippen LogP contribution is -2.27. The molecule has 0 saturated heterocycles. The molecule has 0 aliphatic carbocycles. The Morgan fingerprint density at radius 1 is 1.03 bits per heavy atom. The first-order chi connectivity index (χ1) is 15.7. The molecule has 8 nitrogen and oxygen atoms in total. The molecule has 33 heavy (non-hydrogen) atoms. The van der Waals surface area contributed by atoms with E-state index in [1.54, 1.807) is 18.2 Å². The fraction of sp³-hybridized carbons (Fsp3) is 0.174. The van der Waals surface area contributed by atoms with E-state index in [1.165, 1.54) is 31.3 Å². The zero-order valence-electron chi connectivity index (χ0n) is 18.0. The summed E-state index contributed by atoms with van der Waals surface area (Å²) in [6.45, 7) is -0.684. The summed E-state index contributed by atoms with van der Waals surface area (Å²) >= 11 is 0. The molecule has 0 radical (unpaired) electrons. The quantitative estimate of drug-likeness (QED) is 0.535. The number of rotatable bonds is 8. The highest BCUT2D eigenvalue weighted by atomic mass is 19.1. The number of anilines is 2. The lowest BCUT2D eigenvalue weighted by molar-refractivity contribution is -0.135. The van der Waals surface area contributed by atoms with Crippen LogP contribution in [0.2, 0.25) is 0 Å². The maximum Gasteiger partial charge on any atom is 0.323 e. The number of aromatic nitrogens is 1. The van der Waals surface area contributed by atoms with Crippen LogP contribution in [0.4, 0.5) is 20.2 Å². The van der Waals surface area contributed by atoms with Crippen LogP contribution in [-0.4, -0.2) is 43.7 Å². The minimum absolute atomic E-state index is 0.0828. The van der Waals surface area contributed by atoms with Gasteiger partial charge in [-0.25, -0.2) is 0 Å². The molecule has 0 fully saturated rings. The van der Waals surface area contributed by atoms with Gasteiger partial charge in [-0.05, 0) is 30.3 Å². The Bertz CT molecular complexity index is 1230. The minimum Gasteiger partial charge on any atom is -0.480 e. The molecule has 3 rings (SSSR count). The summed E-state index contributed by atoms with van der Waals surface area (Å²) in [6, 6.07) is 14.5. The number of ether oxygens (including phenoxy) is 2. The molecule has 0 amide bonds. The Labute approximate surface area is 188 Å². The lowest BCUT2D eigenvalue weighted by atomic mass is 10.2. The Kier molecular flexibility index (Phi) is 6.93. The van der Waals surface area contributed by atoms with Crippen LogP contribution in [0.25, 0.3) is 0 Å². The van der Waals surface area contributed by atoms with Crippen molar-refractivity contribution in [2.24, 2.45) is 0 Å². The average Bonchev–Trinajstić information content (AvgIpc) is 2.77. The van der Waals surface area contributed by atoms with E-state index in [9.17, 15) is 4.79 Å². The standard InChI is InChI=1S/C23H20F2N4O4/c1-28(2)15-7-5-9-17(11-15)33-23-20(25)21(29(3)13-18(30)31)19(24)22(27-23)32-16-8-4-6-14(10-16)12-26/h4-11H,13H2,1-3H3,(H,30,31). The first kappa shape index (κ1) is 23.3. The monoisotopic (exact) mass is 454 g/mol. The molecular weight excluding hydrogens is 434 g/mol. The van der Waals surface area contributed by atoms with E-state index < -0.39 is 41.6 Å². The highest BCUT2D eigenvalue weighted by Crippen LogP contribution is 2.38. The molecule has 10 heteroatoms. The smallest absolute Gasteiger partial charge is 0.323 e. The lowest BCUT2D eigenvalue weighted by Gasteiger charge is -2.21. The third kappa shape index (κ3) is 5.46. The second-order valence-electron chi connectivity index (χ2n) is 7.18. The minimum atomic E-state index is -1.29. The van der Waals surface area contributed by atoms with Crippen molar-refractivity contribution in [3.8, 4) is 29.3 Å². The molecule has 0 bridgehead atoms. The van der Waals surface area contributed by atoms with Gasteiger partial charge in [-0.15, -0.1) is 0 Å². The number of hydrogen-bond acceptors (Lipinski definition) is 7. The number of hydrogen-bond donors (Lipinski definition) is 1. The fourth-order valence-corrected chi connectivity index (χ4v) is 2.92. The molecule has 0 spiro atoms. The molecular formula is C23H20F2N4O4. The van der Waals surface area contributed by atoms with Gasteiger partial charge in [0.1, 0.15) is 23.7 Å². The van der Waals surface area contributed by atoms with Gasteiger partial charge in [0.25, 0.3) is 11.8 Å². The Morgan fingerprint density at radius 3 is 2.15 bits per heavy atom. The van der Waals surface area contributed by atoms with Gasteiger partial charge in [0.05, 0.1) is 11.6 Å². The van der Waals surface area contributed by atoms with Crippen LogP contribution < -0.4 is 19.3 Å². The third-order valence-electron chi connectivity index (χ3n) is 4.47. The van der Waals surface area contributed by atoms with Crippen molar-refractivity contribution in [2.75, 3.05) is 37.5 Å². The number of likely N-dealkylation sites (N-methyl/N-ethyl adjacent to an activating group) is 1. The van der Waals surface area contributed by atoms with E-state index in [4.69, 9.17) is 19.8 Å². The van der Waals surface area contributed by atoms with Crippen molar-refractivity contribution in [3.63, 3.8) is 0 Å². The highest BCUT2D eigenvalue weighted by molar-refractivity contribution is 5.74. The van der Waals surface area contributed by atoms with Crippen LogP contribution in [0.15, 0.2) is 48.5 Å². The van der Waals surface area contributed by atoms with Crippen molar-refractivity contribution in [1.82, 2.24) is 4.98 Å². The summed E-state index contributed by atoms with van der Waals surface area (Å²) in [5.74, 6) is -4.64. The van der Waals surface area contributed by atoms with E-state index in [1.807, 2.05) is 31.1 Å². The van der Waals surface area contributed by atoms with Crippen molar-refractivity contribution in [1.29, 1.82) is 5.26 Å². The summed E-state index contributed by atoms with van der Waals surface area (Å²) in [4.78, 5) is 17.7. The van der Waals surface area contributed by atoms with Crippen LogP contribution >= 0.6 is 0 Å². The average molecular weight is 454 g/mol. The third-order valence-corrected chi connectivity index (χ3v) is 4.47. The maximum atomic E-state index is 15.2. The summed E-state index contributed by atoms with van der Waals surface area (Å²) in [6.07, 6.45) is 0. The molecule has 2 aromatic carbocycles. The van der Waals surface area contributed by atoms with Gasteiger partial charge in [-0.1, -0.05) is 12.1 Å². The van der Waals surface area contributed by atoms with E-state index in [0.29, 0.717) is 0 Å². The summed E-state index contributed by atoms with van der Waals surface area (Å²) in [7, 11) is 4.85. The molecule has 0 saturated carbocycles. The van der Waals surface area contributed by atoms with E-state index in [-0.39, 0.29) is 17.1 Å². The van der Waals surface area contributed by atoms with E-state index in [2.05, 4.69) is 4.98 Å². The number of carboxylic acids is 1. The van der Waals surface area contributed by atoms with Crippen molar-refractivity contribution in [2.45, 2.75) is 0 Å². The van der Waals surface area contributed by atoms with Crippen LogP contribution in [-0.2, 0) is 4.79 Å². The molecule has 0 aliphatic heterocycles. The van der Waals surface area contributed by atoms with Gasteiger partial charge in [-0.3, -0.25) is 4.79 Å². The summed E-state index contributed by atoms with van der Waals surface area (Å²) in [5.41, 5.74) is 0.343. The largest absolute Gasteiger partial charge is 0.480 e. The number of nitriles is 1. The molecule has 0 unspecified atom stereocenters. The number of pyridine rings is 1. The van der Waals surface area contributed by atoms with Crippen LogP contribution in [0.1, 0.15) is 5.56 Å². The predicted molar refractivity (Wildman–Crippen MR) is 117 cm³/mol. The second-order valence-corrected chi connectivity index (χ2v) is 7.18.